The molecule has 3 nitrogen and oxygen atoms in total. The highest BCUT2D eigenvalue weighted by atomic mass is 35.5. The van der Waals surface area contributed by atoms with Crippen LogP contribution in [0.3, 0.4) is 0 Å². The van der Waals surface area contributed by atoms with Crippen LogP contribution in [0.5, 0.6) is 0 Å². The lowest BCUT2D eigenvalue weighted by Crippen LogP contribution is -2.15. The largest absolute Gasteiger partial charge is 0.318 e. The number of aryl methyl sites for hydroxylation is 1. The van der Waals surface area contributed by atoms with Crippen LogP contribution in [0.2, 0.25) is 5.15 Å². The summed E-state index contributed by atoms with van der Waals surface area (Å²) in [5.74, 6) is 0.963. The Kier molecular flexibility index (Phi) is 2.91. The fraction of sp³-hybridized carbons (Fsp3) is 0.571. The molecule has 11 heavy (non-hydrogen) atoms. The Balaban J connectivity index is 2.67. The fourth-order valence-corrected chi connectivity index (χ4v) is 1.19. The van der Waals surface area contributed by atoms with Crippen LogP contribution >= 0.6 is 11.6 Å². The number of nitrogens with zero attached hydrogens (tertiary/aromatic N) is 2. The van der Waals surface area contributed by atoms with Gasteiger partial charge in [0, 0.05) is 13.1 Å². The van der Waals surface area contributed by atoms with Gasteiger partial charge in [-0.05, 0) is 14.0 Å². The van der Waals surface area contributed by atoms with Gasteiger partial charge in [-0.25, -0.2) is 4.98 Å². The van der Waals surface area contributed by atoms with Crippen LogP contribution in [0.15, 0.2) is 6.20 Å². The summed E-state index contributed by atoms with van der Waals surface area (Å²) in [5, 5.41) is 3.76. The van der Waals surface area contributed by atoms with Crippen LogP contribution < -0.4 is 5.32 Å². The lowest BCUT2D eigenvalue weighted by molar-refractivity contribution is 0.630. The molecule has 0 unspecified atom stereocenters. The minimum Gasteiger partial charge on any atom is -0.318 e. The molecule has 1 heterocycles. The number of imidazole rings is 1. The summed E-state index contributed by atoms with van der Waals surface area (Å²) in [6, 6.07) is 0. The summed E-state index contributed by atoms with van der Waals surface area (Å²) in [7, 11) is 1.92. The molecule has 0 bridgehead atoms. The van der Waals surface area contributed by atoms with E-state index in [0.29, 0.717) is 5.15 Å². The Hall–Kier alpha value is -0.540. The highest BCUT2D eigenvalue weighted by Gasteiger charge is 2.01. The maximum Gasteiger partial charge on any atom is 0.128 e. The molecule has 0 radical (unpaired) electrons. The van der Waals surface area contributed by atoms with Gasteiger partial charge < -0.3 is 9.88 Å². The molecule has 0 aliphatic rings. The minimum atomic E-state index is 0.706. The number of halogens is 1. The van der Waals surface area contributed by atoms with Crippen molar-refractivity contribution >= 4 is 11.6 Å². The van der Waals surface area contributed by atoms with Gasteiger partial charge in [0.05, 0.1) is 6.20 Å². The number of rotatable bonds is 3. The Labute approximate surface area is 71.4 Å². The van der Waals surface area contributed by atoms with Crippen LogP contribution in [-0.2, 0) is 6.54 Å². The van der Waals surface area contributed by atoms with E-state index in [4.69, 9.17) is 11.6 Å². The molecule has 0 aliphatic carbocycles. The van der Waals surface area contributed by atoms with Crippen LogP contribution in [0.25, 0.3) is 0 Å². The van der Waals surface area contributed by atoms with Crippen LogP contribution in [0.4, 0.5) is 0 Å². The van der Waals surface area contributed by atoms with Crippen molar-refractivity contribution in [2.45, 2.75) is 13.5 Å². The van der Waals surface area contributed by atoms with E-state index in [-0.39, 0.29) is 0 Å². The number of nitrogens with one attached hydrogen (secondary N) is 1. The van der Waals surface area contributed by atoms with Crippen molar-refractivity contribution in [3.8, 4) is 0 Å². The van der Waals surface area contributed by atoms with Gasteiger partial charge in [0.1, 0.15) is 11.0 Å². The number of aromatic nitrogens is 2. The Morgan fingerprint density at radius 2 is 2.45 bits per heavy atom. The second-order valence-corrected chi connectivity index (χ2v) is 2.77. The molecule has 62 valence electrons. The first-order valence-electron chi connectivity index (χ1n) is 3.58. The van der Waals surface area contributed by atoms with E-state index in [1.165, 1.54) is 0 Å². The van der Waals surface area contributed by atoms with Gasteiger partial charge in [0.15, 0.2) is 0 Å². The summed E-state index contributed by atoms with van der Waals surface area (Å²) in [6.07, 6.45) is 1.67. The van der Waals surface area contributed by atoms with Gasteiger partial charge in [0.2, 0.25) is 0 Å². The smallest absolute Gasteiger partial charge is 0.128 e. The average Bonchev–Trinajstić information content (AvgIpc) is 2.29. The Morgan fingerprint density at radius 1 is 1.73 bits per heavy atom. The highest BCUT2D eigenvalue weighted by Crippen LogP contribution is 2.09. The molecule has 0 aliphatic heterocycles. The van der Waals surface area contributed by atoms with Gasteiger partial charge in [-0.15, -0.1) is 0 Å². The monoisotopic (exact) mass is 173 g/mol. The average molecular weight is 174 g/mol. The van der Waals surface area contributed by atoms with Crippen LogP contribution in [0, 0.1) is 6.92 Å². The van der Waals surface area contributed by atoms with Crippen molar-refractivity contribution in [2.24, 2.45) is 0 Å². The molecule has 0 saturated carbocycles. The highest BCUT2D eigenvalue weighted by molar-refractivity contribution is 6.29. The molecule has 1 rings (SSSR count). The van der Waals surface area contributed by atoms with Crippen LogP contribution in [-0.4, -0.2) is 23.1 Å². The van der Waals surface area contributed by atoms with Crippen LogP contribution in [0.1, 0.15) is 5.82 Å². The van der Waals surface area contributed by atoms with Gasteiger partial charge >= 0.3 is 0 Å². The maximum absolute atomic E-state index is 5.85. The zero-order valence-electron chi connectivity index (χ0n) is 6.76. The topological polar surface area (TPSA) is 29.9 Å². The Morgan fingerprint density at radius 3 is 2.91 bits per heavy atom. The molecule has 0 amide bonds. The lowest BCUT2D eigenvalue weighted by atomic mass is 10.5. The van der Waals surface area contributed by atoms with Gasteiger partial charge in [-0.2, -0.15) is 0 Å². The van der Waals surface area contributed by atoms with Crippen molar-refractivity contribution < 1.29 is 0 Å². The normalized spacial score (nSPS) is 10.5. The summed E-state index contributed by atoms with van der Waals surface area (Å²) < 4.78 is 1.97. The zero-order chi connectivity index (χ0) is 8.27. The number of hydrogen-bond donors (Lipinski definition) is 1. The van der Waals surface area contributed by atoms with Gasteiger partial charge in [-0.3, -0.25) is 0 Å². The predicted octanol–water partition coefficient (Wildman–Crippen LogP) is 1.06. The fourth-order valence-electron chi connectivity index (χ4n) is 0.933. The van der Waals surface area contributed by atoms with Crippen molar-refractivity contribution in [2.75, 3.05) is 13.6 Å². The standard InChI is InChI=1S/C7H12ClN3/c1-6-10-5-7(8)11(6)4-3-9-2/h5,9H,3-4H2,1-2H3. The first kappa shape index (κ1) is 8.56. The third kappa shape index (κ3) is 1.94. The first-order valence-corrected chi connectivity index (χ1v) is 3.95. The second kappa shape index (κ2) is 3.74. The number of likely N-dealkylation sites (N-methyl/N-ethyl adjacent to an activating group) is 1. The van der Waals surface area contributed by atoms with E-state index in [0.717, 1.165) is 18.9 Å². The van der Waals surface area contributed by atoms with Crippen molar-refractivity contribution in [1.29, 1.82) is 0 Å². The van der Waals surface area contributed by atoms with Crippen molar-refractivity contribution in [3.63, 3.8) is 0 Å². The summed E-state index contributed by atoms with van der Waals surface area (Å²) in [5.41, 5.74) is 0. The molecule has 0 saturated heterocycles. The number of hydrogen-bond acceptors (Lipinski definition) is 2. The molecular weight excluding hydrogens is 162 g/mol. The summed E-state index contributed by atoms with van der Waals surface area (Å²) >= 11 is 5.85. The zero-order valence-corrected chi connectivity index (χ0v) is 7.52. The molecule has 0 spiro atoms. The molecule has 0 aromatic carbocycles. The van der Waals surface area contributed by atoms with E-state index in [1.807, 2.05) is 18.5 Å². The molecule has 4 heteroatoms. The summed E-state index contributed by atoms with van der Waals surface area (Å²) in [6.45, 7) is 3.74. The molecule has 1 aromatic rings. The Bertz CT molecular complexity index is 212. The molecular formula is C7H12ClN3. The quantitative estimate of drug-likeness (QED) is 0.741. The van der Waals surface area contributed by atoms with E-state index >= 15 is 0 Å². The van der Waals surface area contributed by atoms with E-state index in [9.17, 15) is 0 Å². The minimum absolute atomic E-state index is 0.706. The van der Waals surface area contributed by atoms with Crippen molar-refractivity contribution in [1.82, 2.24) is 14.9 Å². The van der Waals surface area contributed by atoms with E-state index < -0.39 is 0 Å². The third-order valence-corrected chi connectivity index (χ3v) is 1.89. The maximum atomic E-state index is 5.85. The molecule has 1 N–H and O–H groups in total. The van der Waals surface area contributed by atoms with Gasteiger partial charge in [0.25, 0.3) is 0 Å². The lowest BCUT2D eigenvalue weighted by Gasteiger charge is -2.04. The SMILES string of the molecule is CNCCn1c(Cl)cnc1C. The summed E-state index contributed by atoms with van der Waals surface area (Å²) in [4.78, 5) is 4.07. The first-order chi connectivity index (χ1) is 5.25. The second-order valence-electron chi connectivity index (χ2n) is 2.38. The third-order valence-electron chi connectivity index (χ3n) is 1.59. The molecule has 0 atom stereocenters. The predicted molar refractivity (Wildman–Crippen MR) is 45.9 cm³/mol. The van der Waals surface area contributed by atoms with Gasteiger partial charge in [-0.1, -0.05) is 11.6 Å². The molecule has 0 fully saturated rings. The van der Waals surface area contributed by atoms with E-state index in [2.05, 4.69) is 10.3 Å². The van der Waals surface area contributed by atoms with Crippen molar-refractivity contribution in [3.05, 3.63) is 17.2 Å². The molecule has 1 aromatic heterocycles. The van der Waals surface area contributed by atoms with E-state index in [1.54, 1.807) is 6.20 Å².